The quantitative estimate of drug-likeness (QED) is 0.383. The maximum Gasteiger partial charge on any atom is 0.129 e. The summed E-state index contributed by atoms with van der Waals surface area (Å²) in [7, 11) is -1.96. The lowest BCUT2D eigenvalue weighted by Gasteiger charge is -2.49. The van der Waals surface area contributed by atoms with Crippen molar-refractivity contribution >= 4 is 13.8 Å². The third kappa shape index (κ3) is 4.13. The highest BCUT2D eigenvalue weighted by molar-refractivity contribution is 6.76. The molecule has 0 amide bonds. The summed E-state index contributed by atoms with van der Waals surface area (Å²) in [5.41, 5.74) is 5.99. The summed E-state index contributed by atoms with van der Waals surface area (Å²) in [6.45, 7) is 10.2. The number of allylic oxidation sites excluding steroid dienone is 10. The zero-order chi connectivity index (χ0) is 27.4. The fourth-order valence-corrected chi connectivity index (χ4v) is 13.7. The first-order chi connectivity index (χ1) is 19.4. The molecule has 40 heavy (non-hydrogen) atoms. The molecule has 0 spiro atoms. The SMILES string of the molecule is CC(C)[C@@H]1NC2C(c3cccc(-c4ccccc4)c3)=CC=C[C@H]2N1[Si](C)(C)C1C2C=CC=CC2C2C=CC=CC21. The first-order valence-corrected chi connectivity index (χ1v) is 18.3. The van der Waals surface area contributed by atoms with E-state index in [0.29, 0.717) is 53.4 Å². The lowest BCUT2D eigenvalue weighted by Crippen LogP contribution is -2.61. The largest absolute Gasteiger partial charge is 0.301 e. The van der Waals surface area contributed by atoms with Crippen LogP contribution in [0.1, 0.15) is 19.4 Å². The highest BCUT2D eigenvalue weighted by Crippen LogP contribution is 2.59. The maximum atomic E-state index is 4.20. The van der Waals surface area contributed by atoms with E-state index in [2.05, 4.69) is 158 Å². The summed E-state index contributed by atoms with van der Waals surface area (Å²) >= 11 is 0. The fourth-order valence-electron chi connectivity index (χ4n) is 8.75. The second-order valence-corrected chi connectivity index (χ2v) is 17.7. The molecule has 2 nitrogen and oxygen atoms in total. The number of rotatable bonds is 5. The predicted octanol–water partition coefficient (Wildman–Crippen LogP) is 8.24. The van der Waals surface area contributed by atoms with Crippen LogP contribution in [0.2, 0.25) is 18.6 Å². The maximum absolute atomic E-state index is 4.20. The minimum Gasteiger partial charge on any atom is -0.301 e. The first-order valence-electron chi connectivity index (χ1n) is 15.2. The summed E-state index contributed by atoms with van der Waals surface area (Å²) in [6, 6.07) is 20.6. The lowest BCUT2D eigenvalue weighted by atomic mass is 9.83. The number of fused-ring (bicyclic) bond motifs is 4. The third-order valence-electron chi connectivity index (χ3n) is 10.4. The van der Waals surface area contributed by atoms with E-state index in [-0.39, 0.29) is 0 Å². The average Bonchev–Trinajstić information content (AvgIpc) is 3.55. The minimum atomic E-state index is -1.96. The molecule has 7 atom stereocenters. The Bertz CT molecular complexity index is 1410. The molecule has 3 heteroatoms. The van der Waals surface area contributed by atoms with Crippen LogP contribution in [0.4, 0.5) is 0 Å². The first kappa shape index (κ1) is 25.9. The lowest BCUT2D eigenvalue weighted by molar-refractivity contribution is 0.258. The minimum absolute atomic E-state index is 0.298. The molecule has 2 aromatic carbocycles. The Kier molecular flexibility index (Phi) is 6.57. The van der Waals surface area contributed by atoms with Crippen LogP contribution in [0, 0.1) is 29.6 Å². The van der Waals surface area contributed by atoms with E-state index >= 15 is 0 Å². The van der Waals surface area contributed by atoms with Crippen molar-refractivity contribution in [1.29, 1.82) is 0 Å². The van der Waals surface area contributed by atoms with Gasteiger partial charge in [0.25, 0.3) is 0 Å². The van der Waals surface area contributed by atoms with Gasteiger partial charge in [-0.3, -0.25) is 5.32 Å². The van der Waals surface area contributed by atoms with Gasteiger partial charge in [-0.25, -0.2) is 0 Å². The van der Waals surface area contributed by atoms with Crippen molar-refractivity contribution in [3.63, 3.8) is 0 Å². The predicted molar refractivity (Wildman–Crippen MR) is 172 cm³/mol. The van der Waals surface area contributed by atoms with E-state index in [1.165, 1.54) is 22.3 Å². The van der Waals surface area contributed by atoms with E-state index in [4.69, 9.17) is 0 Å². The smallest absolute Gasteiger partial charge is 0.129 e. The molecule has 2 aromatic rings. The van der Waals surface area contributed by atoms with Crippen LogP contribution in [0.15, 0.2) is 121 Å². The molecule has 5 aliphatic rings. The van der Waals surface area contributed by atoms with Gasteiger partial charge in [-0.1, -0.05) is 142 Å². The van der Waals surface area contributed by atoms with Crippen LogP contribution in [-0.4, -0.2) is 31.1 Å². The van der Waals surface area contributed by atoms with Crippen LogP contribution in [-0.2, 0) is 0 Å². The van der Waals surface area contributed by atoms with Crippen LogP contribution in [0.5, 0.6) is 0 Å². The van der Waals surface area contributed by atoms with Gasteiger partial charge in [0.15, 0.2) is 0 Å². The number of nitrogens with one attached hydrogen (secondary N) is 1. The molecule has 0 radical (unpaired) electrons. The molecular formula is C37H42N2Si. The molecule has 1 saturated carbocycles. The van der Waals surface area contributed by atoms with E-state index in [0.717, 1.165) is 0 Å². The van der Waals surface area contributed by atoms with Gasteiger partial charge in [0.2, 0.25) is 0 Å². The number of nitrogens with zero attached hydrogens (tertiary/aromatic N) is 1. The Balaban J connectivity index is 1.25. The topological polar surface area (TPSA) is 15.3 Å². The van der Waals surface area contributed by atoms with Gasteiger partial charge >= 0.3 is 0 Å². The van der Waals surface area contributed by atoms with Gasteiger partial charge in [-0.05, 0) is 63.5 Å². The van der Waals surface area contributed by atoms with Crippen molar-refractivity contribution in [2.24, 2.45) is 29.6 Å². The molecule has 7 rings (SSSR count). The zero-order valence-corrected chi connectivity index (χ0v) is 25.2. The molecule has 0 aromatic heterocycles. The van der Waals surface area contributed by atoms with Crippen LogP contribution in [0.25, 0.3) is 16.7 Å². The van der Waals surface area contributed by atoms with Gasteiger partial charge in [0.1, 0.15) is 8.24 Å². The molecular weight excluding hydrogens is 501 g/mol. The molecule has 1 aliphatic heterocycles. The highest BCUT2D eigenvalue weighted by atomic mass is 28.3. The Morgan fingerprint density at radius 2 is 1.27 bits per heavy atom. The Morgan fingerprint density at radius 1 is 0.675 bits per heavy atom. The van der Waals surface area contributed by atoms with Crippen molar-refractivity contribution in [3.05, 3.63) is 127 Å². The second-order valence-electron chi connectivity index (χ2n) is 13.2. The molecule has 4 aliphatic carbocycles. The highest BCUT2D eigenvalue weighted by Gasteiger charge is 2.59. The number of hydrogen-bond acceptors (Lipinski definition) is 2. The molecule has 2 fully saturated rings. The van der Waals surface area contributed by atoms with E-state index in [1.54, 1.807) is 0 Å². The molecule has 1 heterocycles. The van der Waals surface area contributed by atoms with Crippen molar-refractivity contribution in [2.75, 3.05) is 0 Å². The monoisotopic (exact) mass is 542 g/mol. The van der Waals surface area contributed by atoms with Crippen LogP contribution >= 0.6 is 0 Å². The van der Waals surface area contributed by atoms with Crippen molar-refractivity contribution in [1.82, 2.24) is 9.88 Å². The molecule has 204 valence electrons. The summed E-state index contributed by atoms with van der Waals surface area (Å²) in [4.78, 5) is 0. The normalized spacial score (nSPS) is 34.2. The van der Waals surface area contributed by atoms with Crippen molar-refractivity contribution < 1.29 is 0 Å². The van der Waals surface area contributed by atoms with Gasteiger partial charge in [-0.15, -0.1) is 0 Å². The molecule has 0 bridgehead atoms. The van der Waals surface area contributed by atoms with Gasteiger partial charge < -0.3 is 4.57 Å². The van der Waals surface area contributed by atoms with Crippen LogP contribution < -0.4 is 5.32 Å². The average molecular weight is 543 g/mol. The van der Waals surface area contributed by atoms with E-state index < -0.39 is 8.24 Å². The van der Waals surface area contributed by atoms with Crippen molar-refractivity contribution in [2.45, 2.75) is 50.7 Å². The molecule has 1 saturated heterocycles. The van der Waals surface area contributed by atoms with Crippen LogP contribution in [0.3, 0.4) is 0 Å². The summed E-state index contributed by atoms with van der Waals surface area (Å²) in [5.74, 6) is 3.00. The third-order valence-corrected chi connectivity index (χ3v) is 14.7. The number of benzene rings is 2. The summed E-state index contributed by atoms with van der Waals surface area (Å²) in [6.07, 6.45) is 26.9. The molecule has 5 unspecified atom stereocenters. The Labute approximate surface area is 241 Å². The fraction of sp³-hybridized carbons (Fsp3) is 0.351. The zero-order valence-electron chi connectivity index (χ0n) is 24.2. The van der Waals surface area contributed by atoms with Crippen molar-refractivity contribution in [3.8, 4) is 11.1 Å². The van der Waals surface area contributed by atoms with Gasteiger partial charge in [0, 0.05) is 6.04 Å². The Hall–Kier alpha value is -2.98. The summed E-state index contributed by atoms with van der Waals surface area (Å²) in [5, 5.41) is 4.20. The Morgan fingerprint density at radius 3 is 1.93 bits per heavy atom. The van der Waals surface area contributed by atoms with Gasteiger partial charge in [-0.2, -0.15) is 0 Å². The van der Waals surface area contributed by atoms with Gasteiger partial charge in [0.05, 0.1) is 12.2 Å². The second kappa shape index (κ2) is 10.1. The van der Waals surface area contributed by atoms with E-state index in [1.807, 2.05) is 0 Å². The standard InChI is InChI=1S/C37H42N2Si/c1-25(2)37-38-35-29(28-17-12-16-27(24-28)26-14-6-5-7-15-26)22-13-23-34(35)39(37)40(3,4)36-32-20-10-8-18-30(32)31-19-9-11-21-33(31)36/h5-25,30-38H,1-4H3/t30?,31?,32?,33?,34-,35?,36?,37-/m1/s1. The number of hydrogen-bond donors (Lipinski definition) is 1. The van der Waals surface area contributed by atoms with E-state index in [9.17, 15) is 0 Å². The summed E-state index contributed by atoms with van der Waals surface area (Å²) < 4.78 is 3.01. The molecule has 1 N–H and O–H groups in total.